The molecule has 0 spiro atoms. The van der Waals surface area contributed by atoms with E-state index >= 15 is 0 Å². The normalized spacial score (nSPS) is 10.4. The lowest BCUT2D eigenvalue weighted by atomic mass is 10.2. The summed E-state index contributed by atoms with van der Waals surface area (Å²) >= 11 is 0. The van der Waals surface area contributed by atoms with E-state index in [2.05, 4.69) is 87.1 Å². The van der Waals surface area contributed by atoms with Crippen LogP contribution >= 0.6 is 0 Å². The fourth-order valence-corrected chi connectivity index (χ4v) is 11.2. The van der Waals surface area contributed by atoms with Gasteiger partial charge in [-0.05, 0) is 293 Å². The Hall–Kier alpha value is -6.16. The number of nitrogens with two attached hydrogens (primary N) is 9. The Morgan fingerprint density at radius 3 is 0.355 bits per heavy atom. The van der Waals surface area contributed by atoms with E-state index < -0.39 is 0 Å². The van der Waals surface area contributed by atoms with Crippen LogP contribution in [-0.4, -0.2) is 304 Å². The summed E-state index contributed by atoms with van der Waals surface area (Å²) in [4.78, 5) is 23.7. The molecule has 616 valence electrons. The van der Waals surface area contributed by atoms with Crippen molar-refractivity contribution in [3.8, 4) is 60.7 Å². The number of hydrogen-bond acceptors (Lipinski definition) is 30. The molecule has 0 aliphatic heterocycles. The Balaban J connectivity index is -0.000000217. The first-order valence-electron chi connectivity index (χ1n) is 38.8. The zero-order valence-electron chi connectivity index (χ0n) is 65.7. The second-order valence-electron chi connectivity index (χ2n) is 25.3. The molecular formula is C77H158N30. The highest BCUT2D eigenvalue weighted by Crippen LogP contribution is 2.08. The van der Waals surface area contributed by atoms with Crippen LogP contribution in [0.4, 0.5) is 0 Å². The van der Waals surface area contributed by atoms with E-state index in [0.29, 0.717) is 117 Å². The van der Waals surface area contributed by atoms with E-state index in [-0.39, 0.29) is 21.0 Å². The Kier molecular flexibility index (Phi) is 111. The van der Waals surface area contributed by atoms with Gasteiger partial charge in [0.1, 0.15) is 0 Å². The predicted octanol–water partition coefficient (Wildman–Crippen LogP) is 4.80. The van der Waals surface area contributed by atoms with E-state index in [1.54, 1.807) is 6.07 Å². The van der Waals surface area contributed by atoms with Crippen molar-refractivity contribution in [3.63, 3.8) is 0 Å². The van der Waals surface area contributed by atoms with Crippen LogP contribution in [0.3, 0.4) is 0 Å². The Morgan fingerprint density at radius 1 is 0.187 bits per heavy atom. The van der Waals surface area contributed by atoms with Gasteiger partial charge in [0.25, 0.3) is 0 Å². The molecule has 0 atom stereocenters. The van der Waals surface area contributed by atoms with Gasteiger partial charge in [0.2, 0.25) is 0 Å². The van der Waals surface area contributed by atoms with Gasteiger partial charge in [0.15, 0.2) is 0 Å². The van der Waals surface area contributed by atoms with E-state index in [0.717, 1.165) is 273 Å². The van der Waals surface area contributed by atoms with Crippen molar-refractivity contribution in [1.29, 1.82) is 52.6 Å². The zero-order chi connectivity index (χ0) is 78.1. The molecule has 30 nitrogen and oxygen atoms in total. The van der Waals surface area contributed by atoms with Crippen molar-refractivity contribution in [3.05, 3.63) is 12.7 Å². The van der Waals surface area contributed by atoms with Gasteiger partial charge in [-0.15, -0.1) is 0 Å². The molecule has 30 heteroatoms. The van der Waals surface area contributed by atoms with Gasteiger partial charge in [-0.2, -0.15) is 52.6 Å². The fraction of sp³-hybridized carbons (Fsp3) is 0.844. The van der Waals surface area contributed by atoms with E-state index in [1.165, 1.54) is 25.3 Å². The third-order valence-electron chi connectivity index (χ3n) is 16.7. The van der Waals surface area contributed by atoms with Crippen LogP contribution < -0.4 is 57.8 Å². The third kappa shape index (κ3) is 90.4. The summed E-state index contributed by atoms with van der Waals surface area (Å²) in [6.07, 6.45) is 21.2. The molecule has 0 radical (unpaired) electrons. The number of hydrogen-bond donors (Lipinski definition) is 10. The Labute approximate surface area is 654 Å². The SMILES string of the molecule is C.C.C=CC#N.N.N#CCCN(CCC#N)CCC#N.N#CCCN(CCC#N)CCCN(CCCN(CCC#N)CCC#N)CCCN(CCC#N)CCC#N.NCCCN(CCCN)CCCN.NCCCN(CCCN)CCCN(CCCN(CCCN)CCCN)CCCN(CCCN)CCCN. The van der Waals surface area contributed by atoms with Gasteiger partial charge >= 0.3 is 0 Å². The van der Waals surface area contributed by atoms with Crippen LogP contribution in [-0.2, 0) is 0 Å². The standard InChI is InChI=1S/C27H66N10.C27H42N10.C9H24N4.C9H12N4.C3H3N.2CH4.H3N/c2*28-10-1-16-34(17-2-11-29)22-7-25-37(26-8-23-35(18-3-12-30)19-4-13-31)27-9-24-36(20-5-14-32)21-6-15-33;2*10-4-1-7-13(8-2-5-11)9-3-6-12;1-2-3-4;;;/h1-33H2;1-9,16-27H2;1-12H2;1-3,7-9H2;2H,1H2;2*1H4;1H3. The van der Waals surface area contributed by atoms with Crippen LogP contribution in [0.2, 0.25) is 0 Å². The smallest absolute Gasteiger partial charge is 0.0905 e. The Bertz CT molecular complexity index is 1960. The average Bonchev–Trinajstić information content (AvgIpc) is 0.970. The monoisotopic (exact) mass is 1500 g/mol. The van der Waals surface area contributed by atoms with Crippen LogP contribution in [0.5, 0.6) is 0 Å². The van der Waals surface area contributed by atoms with Crippen molar-refractivity contribution >= 4 is 0 Å². The predicted molar refractivity (Wildman–Crippen MR) is 442 cm³/mol. The largest absolute Gasteiger partial charge is 0.344 e. The highest BCUT2D eigenvalue weighted by molar-refractivity contribution is 4.93. The summed E-state index contributed by atoms with van der Waals surface area (Å²) < 4.78 is 0. The molecule has 0 aliphatic carbocycles. The molecule has 0 bridgehead atoms. The van der Waals surface area contributed by atoms with Crippen LogP contribution in [0.1, 0.15) is 169 Å². The van der Waals surface area contributed by atoms with Gasteiger partial charge in [-0.1, -0.05) is 21.4 Å². The minimum atomic E-state index is 0. The second kappa shape index (κ2) is 102. The molecule has 0 saturated carbocycles. The molecule has 0 unspecified atom stereocenters. The van der Waals surface area contributed by atoms with Gasteiger partial charge in [-0.3, -0.25) is 0 Å². The maximum absolute atomic E-state index is 8.93. The van der Waals surface area contributed by atoms with Crippen molar-refractivity contribution in [2.45, 2.75) is 169 Å². The maximum atomic E-state index is 8.93. The van der Waals surface area contributed by atoms with Gasteiger partial charge in [-0.25, -0.2) is 0 Å². The molecule has 0 aromatic heterocycles. The fourth-order valence-electron chi connectivity index (χ4n) is 11.2. The molecule has 0 rings (SSSR count). The summed E-state index contributed by atoms with van der Waals surface area (Å²) in [6, 6.07) is 20.9. The minimum absolute atomic E-state index is 0. The molecule has 0 aliphatic rings. The molecule has 0 amide bonds. The number of allylic oxidation sites excluding steroid dienone is 1. The third-order valence-corrected chi connectivity index (χ3v) is 16.7. The second-order valence-corrected chi connectivity index (χ2v) is 25.3. The molecule has 0 aromatic carbocycles. The van der Waals surface area contributed by atoms with Crippen molar-refractivity contribution in [1.82, 2.24) is 55.1 Å². The first kappa shape index (κ1) is 117. The molecule has 0 heterocycles. The van der Waals surface area contributed by atoms with Crippen molar-refractivity contribution in [2.75, 3.05) is 255 Å². The topological polar surface area (TPSA) is 539 Å². The molecule has 0 saturated heterocycles. The van der Waals surface area contributed by atoms with Crippen LogP contribution in [0.15, 0.2) is 12.7 Å². The highest BCUT2D eigenvalue weighted by atomic mass is 15.2. The lowest BCUT2D eigenvalue weighted by Crippen LogP contribution is -2.37. The number of nitrogens with zero attached hydrogens (tertiary/aromatic N) is 20. The molecule has 0 fully saturated rings. The maximum Gasteiger partial charge on any atom is 0.0905 e. The molecule has 107 heavy (non-hydrogen) atoms. The number of rotatable bonds is 69. The van der Waals surface area contributed by atoms with E-state index in [4.69, 9.17) is 104 Å². The van der Waals surface area contributed by atoms with Crippen LogP contribution in [0, 0.1) is 113 Å². The molecule has 0 aromatic rings. The van der Waals surface area contributed by atoms with E-state index in [1.807, 2.05) is 23.1 Å². The lowest BCUT2D eigenvalue weighted by molar-refractivity contribution is 0.192. The summed E-state index contributed by atoms with van der Waals surface area (Å²) in [7, 11) is 0. The Morgan fingerprint density at radius 2 is 0.271 bits per heavy atom. The summed E-state index contributed by atoms with van der Waals surface area (Å²) in [5.74, 6) is 0. The van der Waals surface area contributed by atoms with Gasteiger partial charge in [0, 0.05) is 123 Å². The van der Waals surface area contributed by atoms with Gasteiger partial charge in [0.05, 0.1) is 60.7 Å². The van der Waals surface area contributed by atoms with Crippen molar-refractivity contribution in [2.24, 2.45) is 51.6 Å². The highest BCUT2D eigenvalue weighted by Gasteiger charge is 2.15. The molecular weight excluding hydrogens is 1350 g/mol. The van der Waals surface area contributed by atoms with E-state index in [9.17, 15) is 0 Å². The summed E-state index contributed by atoms with van der Waals surface area (Å²) in [6.45, 7) is 37.6. The van der Waals surface area contributed by atoms with Gasteiger partial charge < -0.3 is 107 Å². The van der Waals surface area contributed by atoms with Crippen molar-refractivity contribution < 1.29 is 0 Å². The quantitative estimate of drug-likeness (QED) is 0.0366. The lowest BCUT2D eigenvalue weighted by Gasteiger charge is -2.28. The zero-order valence-corrected chi connectivity index (χ0v) is 65.7. The molecule has 21 N–H and O–H groups in total. The minimum Gasteiger partial charge on any atom is -0.344 e. The summed E-state index contributed by atoms with van der Waals surface area (Å²) in [5, 5.41) is 86.1. The number of nitriles is 10. The van der Waals surface area contributed by atoms with Crippen LogP contribution in [0.25, 0.3) is 0 Å². The first-order valence-corrected chi connectivity index (χ1v) is 38.8. The average molecular weight is 1500 g/mol. The summed E-state index contributed by atoms with van der Waals surface area (Å²) in [5.41, 5.74) is 51.0. The first-order chi connectivity index (χ1) is 50.9.